The van der Waals surface area contributed by atoms with E-state index >= 15 is 0 Å². The first-order valence-electron chi connectivity index (χ1n) is 13.2. The normalized spacial score (nSPS) is 53.5. The van der Waals surface area contributed by atoms with Gasteiger partial charge in [-0.1, -0.05) is 6.92 Å². The number of aliphatic hydroxyl groups excluding tert-OH is 1. The van der Waals surface area contributed by atoms with Crippen molar-refractivity contribution in [2.45, 2.75) is 115 Å². The van der Waals surface area contributed by atoms with Gasteiger partial charge in [0.05, 0.1) is 11.7 Å². The molecule has 170 valence electrons. The van der Waals surface area contributed by atoms with E-state index in [-0.39, 0.29) is 11.5 Å². The van der Waals surface area contributed by atoms with E-state index in [9.17, 15) is 15.0 Å². The summed E-state index contributed by atoms with van der Waals surface area (Å²) in [7, 11) is 0. The fraction of sp³-hybridized carbons (Fsp3) is 0.963. The van der Waals surface area contributed by atoms with Gasteiger partial charge in [0.2, 0.25) is 0 Å². The van der Waals surface area contributed by atoms with Crippen LogP contribution in [0.2, 0.25) is 0 Å². The van der Waals surface area contributed by atoms with Gasteiger partial charge in [0.15, 0.2) is 0 Å². The molecule has 0 saturated heterocycles. The molecule has 0 unspecified atom stereocenters. The van der Waals surface area contributed by atoms with Gasteiger partial charge < -0.3 is 10.2 Å². The fourth-order valence-corrected chi connectivity index (χ4v) is 9.39. The van der Waals surface area contributed by atoms with Crippen LogP contribution < -0.4 is 0 Å². The molecule has 5 rings (SSSR count). The monoisotopic (exact) mass is 416 g/mol. The molecule has 2 N–H and O–H groups in total. The standard InChI is InChI=1S/C27H44O3/c1-26(30)13-11-20-18(16-26)5-8-22-21(20)12-14-27(2)23(22)9-10-24(27)25(29)15-17-3-6-19(28)7-4-17/h17-24,28,30H,3-16H2,1-2H3/t17?,18-,19?,20+,21-,22-,23+,24-,26-,27+/m1/s1. The summed E-state index contributed by atoms with van der Waals surface area (Å²) in [6.45, 7) is 4.53. The number of aliphatic hydroxyl groups is 2. The average Bonchev–Trinajstić information content (AvgIpc) is 3.06. The van der Waals surface area contributed by atoms with Crippen LogP contribution in [0.15, 0.2) is 0 Å². The molecule has 5 aliphatic rings. The number of hydrogen-bond donors (Lipinski definition) is 2. The number of Topliss-reactive ketones (excluding diaryl/α,β-unsaturated/α-hetero) is 1. The van der Waals surface area contributed by atoms with Crippen molar-refractivity contribution in [3.63, 3.8) is 0 Å². The zero-order valence-electron chi connectivity index (χ0n) is 19.3. The minimum absolute atomic E-state index is 0.126. The summed E-state index contributed by atoms with van der Waals surface area (Å²) in [4.78, 5) is 13.4. The third-order valence-corrected chi connectivity index (χ3v) is 10.9. The van der Waals surface area contributed by atoms with Crippen molar-refractivity contribution < 1.29 is 15.0 Å². The van der Waals surface area contributed by atoms with Crippen LogP contribution >= 0.6 is 0 Å². The van der Waals surface area contributed by atoms with Gasteiger partial charge in [-0.3, -0.25) is 4.79 Å². The predicted molar refractivity (Wildman–Crippen MR) is 119 cm³/mol. The van der Waals surface area contributed by atoms with Gasteiger partial charge in [-0.05, 0) is 131 Å². The average molecular weight is 417 g/mol. The minimum atomic E-state index is -0.433. The molecule has 5 saturated carbocycles. The molecular formula is C27H44O3. The lowest BCUT2D eigenvalue weighted by Gasteiger charge is -2.57. The zero-order valence-corrected chi connectivity index (χ0v) is 19.3. The van der Waals surface area contributed by atoms with Gasteiger partial charge >= 0.3 is 0 Å². The van der Waals surface area contributed by atoms with Crippen molar-refractivity contribution in [1.82, 2.24) is 0 Å². The summed E-state index contributed by atoms with van der Waals surface area (Å²) in [6, 6.07) is 0. The summed E-state index contributed by atoms with van der Waals surface area (Å²) < 4.78 is 0. The quantitative estimate of drug-likeness (QED) is 0.637. The Hall–Kier alpha value is -0.410. The maximum absolute atomic E-state index is 13.4. The van der Waals surface area contributed by atoms with Crippen LogP contribution in [-0.2, 0) is 4.79 Å². The van der Waals surface area contributed by atoms with Gasteiger partial charge in [-0.15, -0.1) is 0 Å². The Kier molecular flexibility index (Phi) is 5.62. The lowest BCUT2D eigenvalue weighted by atomic mass is 9.49. The summed E-state index contributed by atoms with van der Waals surface area (Å²) >= 11 is 0. The summed E-state index contributed by atoms with van der Waals surface area (Å²) in [5.74, 6) is 5.37. The fourth-order valence-electron chi connectivity index (χ4n) is 9.39. The number of fused-ring (bicyclic) bond motifs is 5. The number of carbonyl (C=O) groups is 1. The van der Waals surface area contributed by atoms with Crippen LogP contribution in [-0.4, -0.2) is 27.7 Å². The highest BCUT2D eigenvalue weighted by atomic mass is 16.3. The topological polar surface area (TPSA) is 57.5 Å². The second-order valence-electron chi connectivity index (χ2n) is 12.7. The largest absolute Gasteiger partial charge is 0.393 e. The number of carbonyl (C=O) groups excluding carboxylic acids is 1. The van der Waals surface area contributed by atoms with E-state index in [1.807, 2.05) is 6.92 Å². The zero-order chi connectivity index (χ0) is 21.1. The lowest BCUT2D eigenvalue weighted by molar-refractivity contribution is -0.133. The highest BCUT2D eigenvalue weighted by molar-refractivity contribution is 5.82. The Balaban J connectivity index is 1.26. The molecule has 5 fully saturated rings. The second kappa shape index (κ2) is 7.87. The Morgan fingerprint density at radius 1 is 0.833 bits per heavy atom. The molecule has 8 atom stereocenters. The van der Waals surface area contributed by atoms with Crippen LogP contribution in [0.4, 0.5) is 0 Å². The van der Waals surface area contributed by atoms with E-state index in [1.54, 1.807) is 0 Å². The molecule has 30 heavy (non-hydrogen) atoms. The third-order valence-electron chi connectivity index (χ3n) is 10.9. The highest BCUT2D eigenvalue weighted by Gasteiger charge is 2.58. The highest BCUT2D eigenvalue weighted by Crippen LogP contribution is 2.64. The van der Waals surface area contributed by atoms with Gasteiger partial charge in [-0.2, -0.15) is 0 Å². The van der Waals surface area contributed by atoms with Crippen LogP contribution in [0.5, 0.6) is 0 Å². The second-order valence-corrected chi connectivity index (χ2v) is 12.7. The van der Waals surface area contributed by atoms with Crippen molar-refractivity contribution in [2.24, 2.45) is 46.8 Å². The van der Waals surface area contributed by atoms with Crippen molar-refractivity contribution in [2.75, 3.05) is 0 Å². The molecule has 3 heteroatoms. The van der Waals surface area contributed by atoms with Crippen LogP contribution in [0.25, 0.3) is 0 Å². The van der Waals surface area contributed by atoms with Crippen molar-refractivity contribution in [1.29, 1.82) is 0 Å². The molecule has 0 radical (unpaired) electrons. The van der Waals surface area contributed by atoms with Gasteiger partial charge in [0.1, 0.15) is 5.78 Å². The maximum Gasteiger partial charge on any atom is 0.136 e. The summed E-state index contributed by atoms with van der Waals surface area (Å²) in [5, 5.41) is 20.4. The van der Waals surface area contributed by atoms with E-state index in [4.69, 9.17) is 0 Å². The van der Waals surface area contributed by atoms with E-state index in [1.165, 1.54) is 38.5 Å². The van der Waals surface area contributed by atoms with Crippen molar-refractivity contribution in [3.8, 4) is 0 Å². The molecule has 0 aromatic heterocycles. The Bertz CT molecular complexity index is 648. The van der Waals surface area contributed by atoms with E-state index in [0.717, 1.165) is 81.0 Å². The van der Waals surface area contributed by atoms with Crippen molar-refractivity contribution in [3.05, 3.63) is 0 Å². The van der Waals surface area contributed by atoms with Gasteiger partial charge in [0, 0.05) is 12.3 Å². The first-order valence-corrected chi connectivity index (χ1v) is 13.2. The number of hydrogen-bond acceptors (Lipinski definition) is 3. The van der Waals surface area contributed by atoms with E-state index in [2.05, 4.69) is 6.92 Å². The van der Waals surface area contributed by atoms with Crippen molar-refractivity contribution >= 4 is 5.78 Å². The SMILES string of the molecule is C[C@@]1(O)CC[C@H]2[C@H](CC[C@@H]3[C@@H]2CC[C@]2(C)[C@@H](C(=O)CC4CCC(O)CC4)CC[C@@H]32)C1. The lowest BCUT2D eigenvalue weighted by Crippen LogP contribution is -2.51. The Morgan fingerprint density at radius 2 is 1.57 bits per heavy atom. The first-order chi connectivity index (χ1) is 14.3. The molecular weight excluding hydrogens is 372 g/mol. The smallest absolute Gasteiger partial charge is 0.136 e. The predicted octanol–water partition coefficient (Wildman–Crippen LogP) is 5.52. The molecule has 0 amide bonds. The maximum atomic E-state index is 13.4. The van der Waals surface area contributed by atoms with Crippen LogP contribution in [0.3, 0.4) is 0 Å². The molecule has 0 spiro atoms. The molecule has 0 aliphatic heterocycles. The molecule has 5 aliphatic carbocycles. The molecule has 0 aromatic carbocycles. The van der Waals surface area contributed by atoms with Crippen LogP contribution in [0.1, 0.15) is 104 Å². The van der Waals surface area contributed by atoms with E-state index in [0.29, 0.717) is 17.6 Å². The number of rotatable bonds is 3. The number of ketones is 1. The Labute approximate surface area is 183 Å². The first kappa shape index (κ1) is 21.4. The van der Waals surface area contributed by atoms with E-state index < -0.39 is 5.60 Å². The van der Waals surface area contributed by atoms with Crippen LogP contribution in [0, 0.1) is 46.8 Å². The minimum Gasteiger partial charge on any atom is -0.393 e. The molecule has 0 aromatic rings. The molecule has 0 heterocycles. The Morgan fingerprint density at radius 3 is 2.33 bits per heavy atom. The van der Waals surface area contributed by atoms with Gasteiger partial charge in [0.25, 0.3) is 0 Å². The molecule has 3 nitrogen and oxygen atoms in total. The molecule has 0 bridgehead atoms. The third kappa shape index (κ3) is 3.70. The van der Waals surface area contributed by atoms with Gasteiger partial charge in [-0.25, -0.2) is 0 Å². The summed E-state index contributed by atoms with van der Waals surface area (Å²) in [6.07, 6.45) is 15.3. The summed E-state index contributed by atoms with van der Waals surface area (Å²) in [5.41, 5.74) is -0.198.